The van der Waals surface area contributed by atoms with Crippen molar-refractivity contribution < 1.29 is 9.53 Å². The van der Waals surface area contributed by atoms with Gasteiger partial charge in [-0.3, -0.25) is 9.69 Å². The second-order valence-corrected chi connectivity index (χ2v) is 8.88. The summed E-state index contributed by atoms with van der Waals surface area (Å²) in [7, 11) is 1.65. The van der Waals surface area contributed by atoms with Crippen molar-refractivity contribution in [2.75, 3.05) is 26.7 Å². The number of nitrogens with one attached hydrogen (secondary N) is 1. The van der Waals surface area contributed by atoms with Crippen LogP contribution in [0.5, 0.6) is 5.75 Å². The highest BCUT2D eigenvalue weighted by Crippen LogP contribution is 2.21. The maximum absolute atomic E-state index is 12.3. The number of amides is 1. The third-order valence-corrected chi connectivity index (χ3v) is 6.19. The highest BCUT2D eigenvalue weighted by Gasteiger charge is 2.22. The predicted octanol–water partition coefficient (Wildman–Crippen LogP) is 4.38. The third-order valence-electron chi connectivity index (χ3n) is 5.96. The van der Waals surface area contributed by atoms with E-state index in [1.165, 1.54) is 5.56 Å². The Kier molecular flexibility index (Phi) is 7.92. The zero-order chi connectivity index (χ0) is 23.0. The molecular formula is C26H29ClN4O2. The molecule has 4 rings (SSSR count). The minimum Gasteiger partial charge on any atom is -0.497 e. The minimum absolute atomic E-state index is 0.0473. The molecule has 0 spiro atoms. The van der Waals surface area contributed by atoms with Gasteiger partial charge in [0.25, 0.3) is 0 Å². The SMILES string of the molecule is COc1ccc(-c2cnc(CCC(=O)NCC3CCN(Cc4cccc(Cl)c4)C3)nc2)cc1. The molecule has 33 heavy (non-hydrogen) atoms. The summed E-state index contributed by atoms with van der Waals surface area (Å²) in [6.45, 7) is 3.64. The topological polar surface area (TPSA) is 67.3 Å². The van der Waals surface area contributed by atoms with Crippen LogP contribution in [0, 0.1) is 5.92 Å². The number of likely N-dealkylation sites (tertiary alicyclic amines) is 1. The maximum atomic E-state index is 12.3. The summed E-state index contributed by atoms with van der Waals surface area (Å²) in [5, 5.41) is 3.86. The van der Waals surface area contributed by atoms with E-state index in [9.17, 15) is 4.79 Å². The van der Waals surface area contributed by atoms with Gasteiger partial charge in [0.05, 0.1) is 7.11 Å². The number of carbonyl (C=O) groups is 1. The first kappa shape index (κ1) is 23.2. The molecule has 1 aliphatic heterocycles. The van der Waals surface area contributed by atoms with Gasteiger partial charge in [-0.2, -0.15) is 0 Å². The van der Waals surface area contributed by atoms with Crippen LogP contribution in [0.2, 0.25) is 5.02 Å². The highest BCUT2D eigenvalue weighted by molar-refractivity contribution is 6.30. The Morgan fingerprint density at radius 2 is 1.94 bits per heavy atom. The number of halogens is 1. The van der Waals surface area contributed by atoms with Crippen LogP contribution in [0.25, 0.3) is 11.1 Å². The lowest BCUT2D eigenvalue weighted by Crippen LogP contribution is -2.31. The number of aryl methyl sites for hydroxylation is 1. The first-order valence-electron chi connectivity index (χ1n) is 11.3. The number of rotatable bonds is 9. The average molecular weight is 465 g/mol. The van der Waals surface area contributed by atoms with Crippen molar-refractivity contribution >= 4 is 17.5 Å². The quantitative estimate of drug-likeness (QED) is 0.509. The van der Waals surface area contributed by atoms with Crippen molar-refractivity contribution in [2.45, 2.75) is 25.8 Å². The van der Waals surface area contributed by atoms with Crippen LogP contribution in [-0.2, 0) is 17.8 Å². The van der Waals surface area contributed by atoms with Gasteiger partial charge in [-0.25, -0.2) is 9.97 Å². The number of hydrogen-bond acceptors (Lipinski definition) is 5. The molecule has 0 radical (unpaired) electrons. The van der Waals surface area contributed by atoms with Gasteiger partial charge in [-0.1, -0.05) is 35.9 Å². The minimum atomic E-state index is 0.0473. The van der Waals surface area contributed by atoms with E-state index < -0.39 is 0 Å². The van der Waals surface area contributed by atoms with Gasteiger partial charge in [-0.05, 0) is 54.3 Å². The lowest BCUT2D eigenvalue weighted by atomic mass is 10.1. The summed E-state index contributed by atoms with van der Waals surface area (Å²) in [4.78, 5) is 23.6. The van der Waals surface area contributed by atoms with Gasteiger partial charge in [0, 0.05) is 55.5 Å². The average Bonchev–Trinajstić information content (AvgIpc) is 3.29. The fourth-order valence-corrected chi connectivity index (χ4v) is 4.32. The number of hydrogen-bond donors (Lipinski definition) is 1. The molecule has 0 aliphatic carbocycles. The molecule has 2 heterocycles. The molecule has 1 unspecified atom stereocenters. The summed E-state index contributed by atoms with van der Waals surface area (Å²) in [6, 6.07) is 15.8. The molecule has 7 heteroatoms. The van der Waals surface area contributed by atoms with E-state index in [0.29, 0.717) is 31.1 Å². The molecular weight excluding hydrogens is 436 g/mol. The Hall–Kier alpha value is -2.96. The van der Waals surface area contributed by atoms with Gasteiger partial charge in [0.15, 0.2) is 0 Å². The summed E-state index contributed by atoms with van der Waals surface area (Å²) < 4.78 is 5.19. The Morgan fingerprint density at radius 3 is 2.67 bits per heavy atom. The number of aromatic nitrogens is 2. The van der Waals surface area contributed by atoms with Crippen LogP contribution in [-0.4, -0.2) is 47.5 Å². The van der Waals surface area contributed by atoms with E-state index in [1.807, 2.05) is 42.5 Å². The largest absolute Gasteiger partial charge is 0.497 e. The molecule has 1 atom stereocenters. The Balaban J connectivity index is 1.17. The second kappa shape index (κ2) is 11.3. The van der Waals surface area contributed by atoms with Gasteiger partial charge in [-0.15, -0.1) is 0 Å². The molecule has 0 bridgehead atoms. The molecule has 0 saturated carbocycles. The van der Waals surface area contributed by atoms with E-state index in [0.717, 1.165) is 48.0 Å². The van der Waals surface area contributed by atoms with Crippen molar-refractivity contribution in [3.8, 4) is 16.9 Å². The van der Waals surface area contributed by atoms with Crippen LogP contribution in [0.3, 0.4) is 0 Å². The van der Waals surface area contributed by atoms with Gasteiger partial charge >= 0.3 is 0 Å². The Morgan fingerprint density at radius 1 is 1.15 bits per heavy atom. The number of nitrogens with zero attached hydrogens (tertiary/aromatic N) is 3. The van der Waals surface area contributed by atoms with Crippen molar-refractivity contribution in [2.24, 2.45) is 5.92 Å². The van der Waals surface area contributed by atoms with Crippen LogP contribution < -0.4 is 10.1 Å². The molecule has 1 fully saturated rings. The van der Waals surface area contributed by atoms with E-state index in [4.69, 9.17) is 16.3 Å². The van der Waals surface area contributed by atoms with Gasteiger partial charge in [0.2, 0.25) is 5.91 Å². The zero-order valence-corrected chi connectivity index (χ0v) is 19.6. The lowest BCUT2D eigenvalue weighted by Gasteiger charge is -2.16. The first-order valence-corrected chi connectivity index (χ1v) is 11.7. The van der Waals surface area contributed by atoms with E-state index in [2.05, 4.69) is 26.3 Å². The standard InChI is InChI=1S/C26H29ClN4O2/c1-33-24-7-5-21(6-8-24)22-15-28-25(29-16-22)9-10-26(32)30-14-20-11-12-31(18-20)17-19-3-2-4-23(27)13-19/h2-8,13,15-16,20H,9-12,14,17-18H2,1H3,(H,30,32). The molecule has 6 nitrogen and oxygen atoms in total. The Labute approximate surface area is 200 Å². The highest BCUT2D eigenvalue weighted by atomic mass is 35.5. The third kappa shape index (κ3) is 6.76. The molecule has 3 aromatic rings. The molecule has 1 amide bonds. The maximum Gasteiger partial charge on any atom is 0.220 e. The summed E-state index contributed by atoms with van der Waals surface area (Å²) in [6.07, 6.45) is 5.61. The van der Waals surface area contributed by atoms with Crippen LogP contribution in [0.4, 0.5) is 0 Å². The van der Waals surface area contributed by atoms with Crippen LogP contribution in [0.15, 0.2) is 60.9 Å². The van der Waals surface area contributed by atoms with E-state index in [-0.39, 0.29) is 5.91 Å². The summed E-state index contributed by atoms with van der Waals surface area (Å²) >= 11 is 6.08. The van der Waals surface area contributed by atoms with Crippen LogP contribution >= 0.6 is 11.6 Å². The molecule has 1 saturated heterocycles. The van der Waals surface area contributed by atoms with Crippen molar-refractivity contribution in [3.05, 3.63) is 77.3 Å². The van der Waals surface area contributed by atoms with Gasteiger partial charge in [0.1, 0.15) is 11.6 Å². The van der Waals surface area contributed by atoms with Gasteiger partial charge < -0.3 is 10.1 Å². The number of methoxy groups -OCH3 is 1. The number of benzene rings is 2. The predicted molar refractivity (Wildman–Crippen MR) is 130 cm³/mol. The second-order valence-electron chi connectivity index (χ2n) is 8.44. The monoisotopic (exact) mass is 464 g/mol. The molecule has 2 aromatic carbocycles. The lowest BCUT2D eigenvalue weighted by molar-refractivity contribution is -0.121. The van der Waals surface area contributed by atoms with Crippen LogP contribution in [0.1, 0.15) is 24.2 Å². The molecule has 1 aliphatic rings. The number of carbonyl (C=O) groups excluding carboxylic acids is 1. The van der Waals surface area contributed by atoms with Crippen molar-refractivity contribution in [1.29, 1.82) is 0 Å². The fraction of sp³-hybridized carbons (Fsp3) is 0.346. The summed E-state index contributed by atoms with van der Waals surface area (Å²) in [5.41, 5.74) is 3.20. The smallest absolute Gasteiger partial charge is 0.220 e. The molecule has 1 N–H and O–H groups in total. The first-order chi connectivity index (χ1) is 16.1. The molecule has 172 valence electrons. The Bertz CT molecular complexity index is 1060. The summed E-state index contributed by atoms with van der Waals surface area (Å²) in [5.74, 6) is 2.02. The van der Waals surface area contributed by atoms with Crippen molar-refractivity contribution in [1.82, 2.24) is 20.2 Å². The normalized spacial score (nSPS) is 16.0. The van der Waals surface area contributed by atoms with Crippen molar-refractivity contribution in [3.63, 3.8) is 0 Å². The number of ether oxygens (including phenoxy) is 1. The zero-order valence-electron chi connectivity index (χ0n) is 18.8. The van der Waals surface area contributed by atoms with E-state index >= 15 is 0 Å². The fourth-order valence-electron chi connectivity index (χ4n) is 4.10. The van der Waals surface area contributed by atoms with E-state index in [1.54, 1.807) is 19.5 Å². The molecule has 1 aromatic heterocycles.